The maximum atomic E-state index is 12.1. The number of alkyl halides is 3. The Bertz CT molecular complexity index is 449. The maximum Gasteiger partial charge on any atom is 0.389 e. The van der Waals surface area contributed by atoms with E-state index < -0.39 is 12.6 Å². The standard InChI is InChI=1S/C19H33F3O.C4H6O2/c20-19(21,22)13-2-1-3-15-4-8-17(9-5-15)18-10-6-16(7-11-18)12-14-23;1-4(2-5)3-6/h15-18,23H,1-14H2;2,6H,1,3H2. The SMILES string of the molecule is C=C(C=O)CO.OCCC1CCC(C2CCC(CCCCC(F)(F)F)CC2)CC1. The van der Waals surface area contributed by atoms with Gasteiger partial charge in [0.25, 0.3) is 0 Å². The summed E-state index contributed by atoms with van der Waals surface area (Å²) in [5.74, 6) is 3.14. The predicted octanol–water partition coefficient (Wildman–Crippen LogP) is 5.84. The van der Waals surface area contributed by atoms with Crippen LogP contribution < -0.4 is 0 Å². The minimum absolute atomic E-state index is 0.218. The van der Waals surface area contributed by atoms with E-state index >= 15 is 0 Å². The summed E-state index contributed by atoms with van der Waals surface area (Å²) in [6.45, 7) is 3.27. The normalized spacial score (nSPS) is 27.6. The van der Waals surface area contributed by atoms with Gasteiger partial charge in [0.05, 0.1) is 6.61 Å². The quantitative estimate of drug-likeness (QED) is 0.280. The van der Waals surface area contributed by atoms with Gasteiger partial charge in [0, 0.05) is 18.6 Å². The Morgan fingerprint density at radius 3 is 1.69 bits per heavy atom. The first-order valence-electron chi connectivity index (χ1n) is 11.2. The second-order valence-corrected chi connectivity index (χ2v) is 8.87. The molecular weight excluding hydrogens is 381 g/mol. The number of aliphatic hydroxyl groups excluding tert-OH is 2. The van der Waals surface area contributed by atoms with E-state index in [-0.39, 0.29) is 12.2 Å². The van der Waals surface area contributed by atoms with Gasteiger partial charge in [-0.15, -0.1) is 0 Å². The minimum Gasteiger partial charge on any atom is -0.396 e. The fraction of sp³-hybridized carbons (Fsp3) is 0.870. The highest BCUT2D eigenvalue weighted by Gasteiger charge is 2.31. The Labute approximate surface area is 173 Å². The zero-order valence-corrected chi connectivity index (χ0v) is 17.6. The van der Waals surface area contributed by atoms with E-state index in [1.54, 1.807) is 0 Å². The van der Waals surface area contributed by atoms with Crippen molar-refractivity contribution in [1.29, 1.82) is 0 Å². The number of carbonyl (C=O) groups excluding carboxylic acids is 1. The van der Waals surface area contributed by atoms with Gasteiger partial charge in [-0.2, -0.15) is 13.2 Å². The molecular formula is C23H39F3O3. The van der Waals surface area contributed by atoms with Crippen LogP contribution in [0.4, 0.5) is 13.2 Å². The molecule has 0 aromatic heterocycles. The van der Waals surface area contributed by atoms with Crippen LogP contribution in [-0.4, -0.2) is 35.9 Å². The molecule has 0 atom stereocenters. The molecule has 0 aromatic rings. The van der Waals surface area contributed by atoms with Gasteiger partial charge in [-0.25, -0.2) is 0 Å². The smallest absolute Gasteiger partial charge is 0.389 e. The number of aliphatic hydroxyl groups is 2. The Balaban J connectivity index is 0.000000612. The molecule has 2 N–H and O–H groups in total. The number of aldehydes is 1. The molecule has 0 radical (unpaired) electrons. The molecule has 3 nitrogen and oxygen atoms in total. The molecule has 6 heteroatoms. The molecule has 0 heterocycles. The van der Waals surface area contributed by atoms with Crippen molar-refractivity contribution in [2.24, 2.45) is 23.7 Å². The molecule has 0 amide bonds. The van der Waals surface area contributed by atoms with Crippen molar-refractivity contribution in [2.45, 2.75) is 89.6 Å². The lowest BCUT2D eigenvalue weighted by atomic mass is 9.68. The van der Waals surface area contributed by atoms with Crippen molar-refractivity contribution < 1.29 is 28.2 Å². The summed E-state index contributed by atoms with van der Waals surface area (Å²) in [6.07, 6.45) is 9.19. The van der Waals surface area contributed by atoms with Gasteiger partial charge in [-0.1, -0.05) is 45.1 Å². The summed E-state index contributed by atoms with van der Waals surface area (Å²) >= 11 is 0. The Hall–Kier alpha value is -0.880. The summed E-state index contributed by atoms with van der Waals surface area (Å²) < 4.78 is 36.4. The van der Waals surface area contributed by atoms with E-state index in [4.69, 9.17) is 10.2 Å². The summed E-state index contributed by atoms with van der Waals surface area (Å²) in [5.41, 5.74) is 0.218. The molecule has 0 aliphatic heterocycles. The second kappa shape index (κ2) is 14.2. The van der Waals surface area contributed by atoms with E-state index in [0.29, 0.717) is 25.2 Å². The van der Waals surface area contributed by atoms with Crippen LogP contribution in [0, 0.1) is 23.7 Å². The third-order valence-corrected chi connectivity index (χ3v) is 6.68. The lowest BCUT2D eigenvalue weighted by molar-refractivity contribution is -0.135. The number of halogens is 3. The first-order valence-corrected chi connectivity index (χ1v) is 11.2. The monoisotopic (exact) mass is 420 g/mol. The van der Waals surface area contributed by atoms with Gasteiger partial charge in [0.1, 0.15) is 6.29 Å². The lowest BCUT2D eigenvalue weighted by Gasteiger charge is -2.38. The molecule has 2 aliphatic carbocycles. The minimum atomic E-state index is -3.98. The third-order valence-electron chi connectivity index (χ3n) is 6.68. The predicted molar refractivity (Wildman–Crippen MR) is 109 cm³/mol. The Morgan fingerprint density at radius 1 is 0.862 bits per heavy atom. The molecule has 2 saturated carbocycles. The molecule has 0 unspecified atom stereocenters. The number of carbonyl (C=O) groups is 1. The summed E-state index contributed by atoms with van der Waals surface area (Å²) in [6, 6.07) is 0. The van der Waals surface area contributed by atoms with Gasteiger partial charge >= 0.3 is 6.18 Å². The Morgan fingerprint density at radius 2 is 1.34 bits per heavy atom. The van der Waals surface area contributed by atoms with Crippen molar-refractivity contribution >= 4 is 6.29 Å². The maximum absolute atomic E-state index is 12.1. The fourth-order valence-electron chi connectivity index (χ4n) is 4.87. The lowest BCUT2D eigenvalue weighted by Crippen LogP contribution is -2.26. The average Bonchev–Trinajstić information content (AvgIpc) is 2.72. The zero-order valence-electron chi connectivity index (χ0n) is 17.6. The van der Waals surface area contributed by atoms with Crippen molar-refractivity contribution in [1.82, 2.24) is 0 Å². The molecule has 0 saturated heterocycles. The van der Waals surface area contributed by atoms with Gasteiger partial charge in [0.2, 0.25) is 0 Å². The third kappa shape index (κ3) is 11.8. The average molecular weight is 421 g/mol. The topological polar surface area (TPSA) is 57.5 Å². The van der Waals surface area contributed by atoms with Gasteiger partial charge in [-0.3, -0.25) is 4.79 Å². The van der Waals surface area contributed by atoms with Gasteiger partial charge in [0.15, 0.2) is 0 Å². The van der Waals surface area contributed by atoms with Crippen LogP contribution in [0.3, 0.4) is 0 Å². The van der Waals surface area contributed by atoms with E-state index in [1.165, 1.54) is 51.4 Å². The van der Waals surface area contributed by atoms with Gasteiger partial charge in [-0.05, 0) is 62.2 Å². The van der Waals surface area contributed by atoms with E-state index in [2.05, 4.69) is 6.58 Å². The van der Waals surface area contributed by atoms with E-state index in [0.717, 1.165) is 37.0 Å². The summed E-state index contributed by atoms with van der Waals surface area (Å²) in [5, 5.41) is 17.0. The van der Waals surface area contributed by atoms with Crippen LogP contribution in [-0.2, 0) is 4.79 Å². The van der Waals surface area contributed by atoms with Crippen molar-refractivity contribution in [3.05, 3.63) is 12.2 Å². The molecule has 2 fully saturated rings. The fourth-order valence-corrected chi connectivity index (χ4v) is 4.87. The molecule has 29 heavy (non-hydrogen) atoms. The summed E-state index contributed by atoms with van der Waals surface area (Å²) in [7, 11) is 0. The van der Waals surface area contributed by atoms with Crippen molar-refractivity contribution in [3.63, 3.8) is 0 Å². The highest BCUT2D eigenvalue weighted by atomic mass is 19.4. The van der Waals surface area contributed by atoms with Crippen LogP contribution in [0.1, 0.15) is 83.5 Å². The second-order valence-electron chi connectivity index (χ2n) is 8.87. The number of hydrogen-bond acceptors (Lipinski definition) is 3. The molecule has 2 aliphatic rings. The largest absolute Gasteiger partial charge is 0.396 e. The Kier molecular flexibility index (Phi) is 12.8. The number of hydrogen-bond donors (Lipinski definition) is 2. The highest BCUT2D eigenvalue weighted by Crippen LogP contribution is 2.42. The van der Waals surface area contributed by atoms with E-state index in [9.17, 15) is 18.0 Å². The van der Waals surface area contributed by atoms with Crippen LogP contribution in [0.2, 0.25) is 0 Å². The number of rotatable bonds is 9. The van der Waals surface area contributed by atoms with Crippen LogP contribution in [0.15, 0.2) is 12.2 Å². The first-order chi connectivity index (χ1) is 13.8. The highest BCUT2D eigenvalue weighted by molar-refractivity contribution is 5.72. The number of unbranched alkanes of at least 4 members (excludes halogenated alkanes) is 1. The summed E-state index contributed by atoms with van der Waals surface area (Å²) in [4.78, 5) is 9.48. The molecule has 170 valence electrons. The van der Waals surface area contributed by atoms with Crippen LogP contribution in [0.5, 0.6) is 0 Å². The zero-order chi connectivity index (χ0) is 21.7. The molecule has 0 spiro atoms. The van der Waals surface area contributed by atoms with E-state index in [1.807, 2.05) is 0 Å². The first kappa shape index (κ1) is 26.2. The molecule has 0 bridgehead atoms. The van der Waals surface area contributed by atoms with Crippen molar-refractivity contribution in [2.75, 3.05) is 13.2 Å². The van der Waals surface area contributed by atoms with Crippen molar-refractivity contribution in [3.8, 4) is 0 Å². The molecule has 2 rings (SSSR count). The van der Waals surface area contributed by atoms with Gasteiger partial charge < -0.3 is 10.2 Å². The van der Waals surface area contributed by atoms with Crippen LogP contribution >= 0.6 is 0 Å². The molecule has 0 aromatic carbocycles. The van der Waals surface area contributed by atoms with Crippen LogP contribution in [0.25, 0.3) is 0 Å².